The molecule has 1 amide bonds. The summed E-state index contributed by atoms with van der Waals surface area (Å²) in [5.41, 5.74) is 2.10. The number of carbonyl (C=O) groups is 1. The average Bonchev–Trinajstić information content (AvgIpc) is 3.39. The third-order valence-corrected chi connectivity index (χ3v) is 6.81. The summed E-state index contributed by atoms with van der Waals surface area (Å²) >= 11 is 1.79. The number of benzene rings is 2. The van der Waals surface area contributed by atoms with Crippen LogP contribution in [0.1, 0.15) is 29.3 Å². The highest BCUT2D eigenvalue weighted by Crippen LogP contribution is 2.32. The Morgan fingerprint density at radius 3 is 3.03 bits per heavy atom. The minimum Gasteiger partial charge on any atom is -0.454 e. The minimum atomic E-state index is 0.0858. The van der Waals surface area contributed by atoms with Crippen molar-refractivity contribution in [3.63, 3.8) is 0 Å². The number of ether oxygens (including phenoxy) is 2. The molecule has 1 fully saturated rings. The summed E-state index contributed by atoms with van der Waals surface area (Å²) in [6.07, 6.45) is 2.29. The maximum atomic E-state index is 12.5. The molecule has 29 heavy (non-hydrogen) atoms. The summed E-state index contributed by atoms with van der Waals surface area (Å²) < 4.78 is 12.0. The van der Waals surface area contributed by atoms with Gasteiger partial charge in [-0.2, -0.15) is 0 Å². The van der Waals surface area contributed by atoms with Gasteiger partial charge in [-0.15, -0.1) is 11.3 Å². The topological polar surface area (TPSA) is 64.9 Å². The number of fused-ring (bicyclic) bond motifs is 2. The van der Waals surface area contributed by atoms with Gasteiger partial charge in [-0.3, -0.25) is 4.79 Å². The lowest BCUT2D eigenvalue weighted by molar-refractivity contribution is -0.898. The van der Waals surface area contributed by atoms with Crippen LogP contribution in [0.2, 0.25) is 0 Å². The highest BCUT2D eigenvalue weighted by Gasteiger charge is 2.28. The number of para-hydroxylation sites is 1. The molecule has 0 radical (unpaired) electrons. The molecule has 3 heterocycles. The first-order chi connectivity index (χ1) is 14.2. The van der Waals surface area contributed by atoms with Crippen LogP contribution < -0.4 is 19.7 Å². The van der Waals surface area contributed by atoms with E-state index < -0.39 is 0 Å². The molecule has 2 aliphatic heterocycles. The highest BCUT2D eigenvalue weighted by molar-refractivity contribution is 7.18. The van der Waals surface area contributed by atoms with Crippen molar-refractivity contribution in [1.29, 1.82) is 0 Å². The first-order valence-corrected chi connectivity index (χ1v) is 10.9. The maximum Gasteiger partial charge on any atom is 0.275 e. The minimum absolute atomic E-state index is 0.0858. The van der Waals surface area contributed by atoms with Crippen LogP contribution in [0.4, 0.5) is 0 Å². The number of hydrogen-bond donors (Lipinski definition) is 2. The summed E-state index contributed by atoms with van der Waals surface area (Å²) in [5.74, 6) is 2.04. The summed E-state index contributed by atoms with van der Waals surface area (Å²) in [4.78, 5) is 18.7. The van der Waals surface area contributed by atoms with Crippen molar-refractivity contribution in [2.75, 3.05) is 26.4 Å². The van der Waals surface area contributed by atoms with Gasteiger partial charge in [-0.25, -0.2) is 4.98 Å². The van der Waals surface area contributed by atoms with Crippen LogP contribution in [0.5, 0.6) is 11.5 Å². The molecule has 6 nitrogen and oxygen atoms in total. The molecular formula is C22H24N3O3S+. The van der Waals surface area contributed by atoms with Gasteiger partial charge in [0.1, 0.15) is 5.01 Å². The number of amides is 1. The Labute approximate surface area is 173 Å². The number of hydrogen-bond acceptors (Lipinski definition) is 5. The van der Waals surface area contributed by atoms with Crippen LogP contribution in [-0.4, -0.2) is 37.3 Å². The molecule has 1 unspecified atom stereocenters. The van der Waals surface area contributed by atoms with Crippen molar-refractivity contribution in [2.45, 2.75) is 25.3 Å². The third-order valence-electron chi connectivity index (χ3n) is 5.61. The zero-order valence-corrected chi connectivity index (χ0v) is 17.0. The van der Waals surface area contributed by atoms with E-state index in [9.17, 15) is 4.79 Å². The van der Waals surface area contributed by atoms with Crippen molar-refractivity contribution in [1.82, 2.24) is 10.3 Å². The number of likely N-dealkylation sites (tertiary alicyclic amines) is 1. The largest absolute Gasteiger partial charge is 0.454 e. The molecule has 0 spiro atoms. The Bertz CT molecular complexity index is 1000. The lowest BCUT2D eigenvalue weighted by Crippen LogP contribution is -3.14. The first-order valence-electron chi connectivity index (χ1n) is 10.1. The molecule has 1 aromatic heterocycles. The number of rotatable bonds is 5. The summed E-state index contributed by atoms with van der Waals surface area (Å²) in [6, 6.07) is 14.1. The Kier molecular flexibility index (Phi) is 5.08. The molecule has 3 aromatic rings. The van der Waals surface area contributed by atoms with E-state index in [4.69, 9.17) is 14.5 Å². The fraction of sp³-hybridized carbons (Fsp3) is 0.364. The van der Waals surface area contributed by atoms with E-state index in [1.165, 1.54) is 14.6 Å². The van der Waals surface area contributed by atoms with Crippen LogP contribution >= 0.6 is 11.3 Å². The van der Waals surface area contributed by atoms with Gasteiger partial charge in [0.25, 0.3) is 5.91 Å². The van der Waals surface area contributed by atoms with Gasteiger partial charge in [0.2, 0.25) is 6.79 Å². The van der Waals surface area contributed by atoms with Crippen LogP contribution in [0, 0.1) is 0 Å². The molecule has 0 aliphatic carbocycles. The number of nitrogens with one attached hydrogen (secondary N) is 2. The number of piperidine rings is 1. The molecule has 0 bridgehead atoms. The van der Waals surface area contributed by atoms with Crippen molar-refractivity contribution in [3.8, 4) is 11.5 Å². The number of quaternary nitrogens is 1. The Hall–Kier alpha value is -2.64. The number of carbonyl (C=O) groups excluding carboxylic acids is 1. The quantitative estimate of drug-likeness (QED) is 0.676. The van der Waals surface area contributed by atoms with Gasteiger partial charge >= 0.3 is 0 Å². The molecule has 2 aromatic carbocycles. The van der Waals surface area contributed by atoms with E-state index in [2.05, 4.69) is 23.5 Å². The number of thiazole rings is 1. The standard InChI is InChI=1S/C22H23N3O3S/c26-21(23-11-15-7-8-18-19(10-15)28-14-27-18)13-25-9-3-4-16(12-25)22-24-17-5-1-2-6-20(17)29-22/h1-2,5-8,10,16H,3-4,9,11-14H2,(H,23,26)/p+1/t16-/m1/s1. The third kappa shape index (κ3) is 4.06. The van der Waals surface area contributed by atoms with E-state index in [1.807, 2.05) is 24.3 Å². The van der Waals surface area contributed by atoms with Crippen molar-refractivity contribution < 1.29 is 19.2 Å². The highest BCUT2D eigenvalue weighted by atomic mass is 32.1. The van der Waals surface area contributed by atoms with E-state index >= 15 is 0 Å². The van der Waals surface area contributed by atoms with E-state index in [0.717, 1.165) is 48.5 Å². The molecule has 2 atom stereocenters. The van der Waals surface area contributed by atoms with Gasteiger partial charge < -0.3 is 19.7 Å². The van der Waals surface area contributed by atoms with Crippen molar-refractivity contribution in [3.05, 3.63) is 53.0 Å². The fourth-order valence-electron chi connectivity index (χ4n) is 4.13. The van der Waals surface area contributed by atoms with Gasteiger partial charge in [0, 0.05) is 6.54 Å². The van der Waals surface area contributed by atoms with Gasteiger partial charge in [-0.05, 0) is 42.7 Å². The zero-order chi connectivity index (χ0) is 19.6. The monoisotopic (exact) mass is 410 g/mol. The van der Waals surface area contributed by atoms with Gasteiger partial charge in [0.05, 0.1) is 29.2 Å². The zero-order valence-electron chi connectivity index (χ0n) is 16.1. The van der Waals surface area contributed by atoms with Crippen LogP contribution in [-0.2, 0) is 11.3 Å². The number of nitrogens with zero attached hydrogens (tertiary/aromatic N) is 1. The normalized spacial score (nSPS) is 20.7. The molecule has 2 aliphatic rings. The molecule has 1 saturated heterocycles. The Morgan fingerprint density at radius 2 is 2.10 bits per heavy atom. The first kappa shape index (κ1) is 18.4. The smallest absolute Gasteiger partial charge is 0.275 e. The summed E-state index contributed by atoms with van der Waals surface area (Å²) in [5, 5.41) is 4.26. The SMILES string of the molecule is O=C(C[NH+]1CCC[C@@H](c2nc3ccccc3s2)C1)NCc1ccc2c(c1)OCO2. The lowest BCUT2D eigenvalue weighted by Gasteiger charge is -2.28. The van der Waals surface area contributed by atoms with Crippen molar-refractivity contribution in [2.24, 2.45) is 0 Å². The predicted molar refractivity (Wildman–Crippen MR) is 112 cm³/mol. The van der Waals surface area contributed by atoms with E-state index in [1.54, 1.807) is 11.3 Å². The molecule has 7 heteroatoms. The molecule has 5 rings (SSSR count). The molecular weight excluding hydrogens is 386 g/mol. The second kappa shape index (κ2) is 8.00. The molecule has 2 N–H and O–H groups in total. The van der Waals surface area contributed by atoms with E-state index in [-0.39, 0.29) is 12.7 Å². The van der Waals surface area contributed by atoms with Crippen LogP contribution in [0.3, 0.4) is 0 Å². The maximum absolute atomic E-state index is 12.5. The lowest BCUT2D eigenvalue weighted by atomic mass is 9.99. The second-order valence-corrected chi connectivity index (χ2v) is 8.77. The summed E-state index contributed by atoms with van der Waals surface area (Å²) in [6.45, 7) is 3.28. The molecule has 0 saturated carbocycles. The van der Waals surface area contributed by atoms with Crippen LogP contribution in [0.25, 0.3) is 10.2 Å². The Morgan fingerprint density at radius 1 is 1.21 bits per heavy atom. The summed E-state index contributed by atoms with van der Waals surface area (Å²) in [7, 11) is 0. The molecule has 150 valence electrons. The number of aromatic nitrogens is 1. The van der Waals surface area contributed by atoms with E-state index in [0.29, 0.717) is 19.0 Å². The average molecular weight is 411 g/mol. The predicted octanol–water partition coefficient (Wildman–Crippen LogP) is 2.10. The van der Waals surface area contributed by atoms with Crippen LogP contribution in [0.15, 0.2) is 42.5 Å². The van der Waals surface area contributed by atoms with Crippen molar-refractivity contribution >= 4 is 27.5 Å². The fourth-order valence-corrected chi connectivity index (χ4v) is 5.23. The van der Waals surface area contributed by atoms with Gasteiger partial charge in [-0.1, -0.05) is 18.2 Å². The van der Waals surface area contributed by atoms with Gasteiger partial charge in [0.15, 0.2) is 18.0 Å². The second-order valence-electron chi connectivity index (χ2n) is 7.70. The Balaban J connectivity index is 1.16.